The van der Waals surface area contributed by atoms with Gasteiger partial charge in [-0.05, 0) is 51.2 Å². The third-order valence-corrected chi connectivity index (χ3v) is 3.49. The zero-order valence-electron chi connectivity index (χ0n) is 10.0. The molecule has 0 bridgehead atoms. The summed E-state index contributed by atoms with van der Waals surface area (Å²) in [5.74, 6) is 0. The Morgan fingerprint density at radius 1 is 1.27 bits per heavy atom. The van der Waals surface area contributed by atoms with E-state index in [9.17, 15) is 0 Å². The molecule has 0 saturated carbocycles. The van der Waals surface area contributed by atoms with Gasteiger partial charge in [0, 0.05) is 5.41 Å². The first-order valence-electron chi connectivity index (χ1n) is 5.84. The highest BCUT2D eigenvalue weighted by Crippen LogP contribution is 2.41. The average Bonchev–Trinajstić information content (AvgIpc) is 2.18. The second-order valence-electron chi connectivity index (χ2n) is 5.02. The second-order valence-corrected chi connectivity index (χ2v) is 5.02. The van der Waals surface area contributed by atoms with Gasteiger partial charge in [0.1, 0.15) is 0 Å². The lowest BCUT2D eigenvalue weighted by Gasteiger charge is -2.32. The Morgan fingerprint density at radius 2 is 2.07 bits per heavy atom. The van der Waals surface area contributed by atoms with Gasteiger partial charge in [-0.3, -0.25) is 0 Å². The van der Waals surface area contributed by atoms with E-state index in [1.807, 2.05) is 0 Å². The van der Waals surface area contributed by atoms with Crippen LogP contribution in [0.1, 0.15) is 40.0 Å². The summed E-state index contributed by atoms with van der Waals surface area (Å²) in [5, 5.41) is 0. The molecule has 0 heterocycles. The zero-order chi connectivity index (χ0) is 10.9. The molecule has 0 amide bonds. The van der Waals surface area contributed by atoms with E-state index in [0.29, 0.717) is 5.41 Å². The van der Waals surface area contributed by atoms with Crippen molar-refractivity contribution in [2.24, 2.45) is 5.41 Å². The van der Waals surface area contributed by atoms with Crippen LogP contribution in [0.2, 0.25) is 0 Å². The quantitative estimate of drug-likeness (QED) is 0.503. The van der Waals surface area contributed by atoms with E-state index in [1.165, 1.54) is 36.0 Å². The number of allylic oxidation sites excluding steroid dienone is 8. The third kappa shape index (κ3) is 1.99. The highest BCUT2D eigenvalue weighted by atomic mass is 14.3. The van der Waals surface area contributed by atoms with Crippen LogP contribution in [0.4, 0.5) is 0 Å². The van der Waals surface area contributed by atoms with Crippen molar-refractivity contribution < 1.29 is 0 Å². The molecule has 0 fully saturated rings. The highest BCUT2D eigenvalue weighted by molar-refractivity contribution is 5.47. The Morgan fingerprint density at radius 3 is 2.60 bits per heavy atom. The van der Waals surface area contributed by atoms with Crippen LogP contribution in [-0.4, -0.2) is 0 Å². The van der Waals surface area contributed by atoms with Crippen molar-refractivity contribution in [3.63, 3.8) is 0 Å². The molecule has 0 N–H and O–H groups in total. The maximum absolute atomic E-state index is 2.47. The van der Waals surface area contributed by atoms with E-state index >= 15 is 0 Å². The van der Waals surface area contributed by atoms with E-state index < -0.39 is 0 Å². The molecule has 1 unspecified atom stereocenters. The number of hydrogen-bond acceptors (Lipinski definition) is 0. The van der Waals surface area contributed by atoms with Crippen molar-refractivity contribution in [3.05, 3.63) is 47.1 Å². The normalized spacial score (nSPS) is 29.5. The first-order valence-corrected chi connectivity index (χ1v) is 5.84. The molecule has 0 nitrogen and oxygen atoms in total. The van der Waals surface area contributed by atoms with Crippen molar-refractivity contribution in [2.45, 2.75) is 40.0 Å². The lowest BCUT2D eigenvalue weighted by Crippen LogP contribution is -2.19. The minimum atomic E-state index is 0.331. The Hall–Kier alpha value is -1.04. The molecule has 1 spiro atoms. The standard InChI is InChI=1S/C15H20/c1-12(2)14-7-10-15(11-13(14)3)8-5-4-6-9-15/h4-5,7,10-11H,6,8-9H2,1-3H3. The van der Waals surface area contributed by atoms with Crippen LogP contribution in [-0.2, 0) is 0 Å². The van der Waals surface area contributed by atoms with Gasteiger partial charge in [-0.15, -0.1) is 0 Å². The van der Waals surface area contributed by atoms with Crippen LogP contribution in [0, 0.1) is 5.41 Å². The van der Waals surface area contributed by atoms with E-state index in [2.05, 4.69) is 51.2 Å². The average molecular weight is 200 g/mol. The molecule has 2 aliphatic carbocycles. The Labute approximate surface area is 93.1 Å². The molecular formula is C15H20. The van der Waals surface area contributed by atoms with Crippen molar-refractivity contribution >= 4 is 0 Å². The van der Waals surface area contributed by atoms with E-state index in [0.717, 1.165) is 0 Å². The summed E-state index contributed by atoms with van der Waals surface area (Å²) in [4.78, 5) is 0. The lowest BCUT2D eigenvalue weighted by atomic mass is 9.72. The second kappa shape index (κ2) is 3.84. The van der Waals surface area contributed by atoms with Crippen molar-refractivity contribution in [1.29, 1.82) is 0 Å². The summed E-state index contributed by atoms with van der Waals surface area (Å²) < 4.78 is 0. The Bertz CT molecular complexity index is 373. The van der Waals surface area contributed by atoms with Crippen molar-refractivity contribution in [1.82, 2.24) is 0 Å². The summed E-state index contributed by atoms with van der Waals surface area (Å²) in [7, 11) is 0. The van der Waals surface area contributed by atoms with E-state index in [-0.39, 0.29) is 0 Å². The van der Waals surface area contributed by atoms with E-state index in [4.69, 9.17) is 0 Å². The minimum absolute atomic E-state index is 0.331. The summed E-state index contributed by atoms with van der Waals surface area (Å²) in [6.07, 6.45) is 15.5. The predicted molar refractivity (Wildman–Crippen MR) is 66.7 cm³/mol. The summed E-state index contributed by atoms with van der Waals surface area (Å²) in [6.45, 7) is 6.62. The molecule has 80 valence electrons. The molecule has 0 heteroatoms. The van der Waals surface area contributed by atoms with Gasteiger partial charge in [0.05, 0.1) is 0 Å². The molecule has 1 atom stereocenters. The van der Waals surface area contributed by atoms with Crippen LogP contribution < -0.4 is 0 Å². The smallest absolute Gasteiger partial charge is 0.0107 e. The van der Waals surface area contributed by atoms with Gasteiger partial charge in [-0.1, -0.05) is 36.0 Å². The summed E-state index contributed by atoms with van der Waals surface area (Å²) in [6, 6.07) is 0. The monoisotopic (exact) mass is 200 g/mol. The van der Waals surface area contributed by atoms with Crippen LogP contribution in [0.15, 0.2) is 47.1 Å². The fourth-order valence-corrected chi connectivity index (χ4v) is 2.66. The minimum Gasteiger partial charge on any atom is -0.0885 e. The van der Waals surface area contributed by atoms with Gasteiger partial charge in [-0.2, -0.15) is 0 Å². The van der Waals surface area contributed by atoms with Gasteiger partial charge < -0.3 is 0 Å². The molecule has 0 aliphatic heterocycles. The van der Waals surface area contributed by atoms with Gasteiger partial charge >= 0.3 is 0 Å². The Kier molecular flexibility index (Phi) is 2.68. The third-order valence-electron chi connectivity index (χ3n) is 3.49. The molecule has 0 aromatic heterocycles. The SMILES string of the molecule is CC1=CC2(C=CC1=C(C)C)CC=CCC2. The molecular weight excluding hydrogens is 180 g/mol. The fourth-order valence-electron chi connectivity index (χ4n) is 2.66. The van der Waals surface area contributed by atoms with E-state index in [1.54, 1.807) is 0 Å². The summed E-state index contributed by atoms with van der Waals surface area (Å²) in [5.41, 5.74) is 4.63. The molecule has 0 aromatic carbocycles. The van der Waals surface area contributed by atoms with Crippen molar-refractivity contribution in [3.8, 4) is 0 Å². The lowest BCUT2D eigenvalue weighted by molar-refractivity contribution is 0.438. The van der Waals surface area contributed by atoms with Crippen molar-refractivity contribution in [2.75, 3.05) is 0 Å². The first-order chi connectivity index (χ1) is 7.13. The topological polar surface area (TPSA) is 0 Å². The Balaban J connectivity index is 2.33. The molecule has 2 rings (SSSR count). The largest absolute Gasteiger partial charge is 0.0885 e. The van der Waals surface area contributed by atoms with Crippen LogP contribution in [0.3, 0.4) is 0 Å². The van der Waals surface area contributed by atoms with Crippen LogP contribution in [0.5, 0.6) is 0 Å². The highest BCUT2D eigenvalue weighted by Gasteiger charge is 2.27. The van der Waals surface area contributed by atoms with Gasteiger partial charge in [0.15, 0.2) is 0 Å². The fraction of sp³-hybridized carbons (Fsp3) is 0.467. The zero-order valence-corrected chi connectivity index (χ0v) is 10.0. The summed E-state index contributed by atoms with van der Waals surface area (Å²) >= 11 is 0. The number of hydrogen-bond donors (Lipinski definition) is 0. The maximum atomic E-state index is 2.47. The van der Waals surface area contributed by atoms with Gasteiger partial charge in [0.2, 0.25) is 0 Å². The number of rotatable bonds is 0. The maximum Gasteiger partial charge on any atom is 0.0107 e. The predicted octanol–water partition coefficient (Wildman–Crippen LogP) is 4.57. The molecule has 0 radical (unpaired) electrons. The van der Waals surface area contributed by atoms with Gasteiger partial charge in [-0.25, -0.2) is 0 Å². The first kappa shape index (κ1) is 10.5. The van der Waals surface area contributed by atoms with Crippen LogP contribution >= 0.6 is 0 Å². The molecule has 0 aromatic rings. The van der Waals surface area contributed by atoms with Gasteiger partial charge in [0.25, 0.3) is 0 Å². The van der Waals surface area contributed by atoms with Crippen LogP contribution in [0.25, 0.3) is 0 Å². The molecule has 2 aliphatic rings. The molecule has 15 heavy (non-hydrogen) atoms. The molecule has 0 saturated heterocycles.